The molecule has 2 aromatic heterocycles. The van der Waals surface area contributed by atoms with E-state index in [0.717, 1.165) is 16.8 Å². The van der Waals surface area contributed by atoms with E-state index in [1.54, 1.807) is 11.3 Å². The van der Waals surface area contributed by atoms with Crippen molar-refractivity contribution < 1.29 is 0 Å². The third kappa shape index (κ3) is 2.23. The minimum atomic E-state index is 0.258. The van der Waals surface area contributed by atoms with E-state index in [1.807, 2.05) is 18.5 Å². The summed E-state index contributed by atoms with van der Waals surface area (Å²) in [6, 6.07) is 4.25. The quantitative estimate of drug-likeness (QED) is 0.904. The number of hydrogen-bond donors (Lipinski definition) is 1. The third-order valence-corrected chi connectivity index (χ3v) is 3.83. The summed E-state index contributed by atoms with van der Waals surface area (Å²) < 4.78 is 2.94. The lowest BCUT2D eigenvalue weighted by molar-refractivity contribution is 0.655. The number of thiophene rings is 1. The number of imidazole rings is 1. The van der Waals surface area contributed by atoms with Gasteiger partial charge in [0.05, 0.1) is 10.4 Å². The fourth-order valence-corrected chi connectivity index (χ4v) is 2.72. The second-order valence-electron chi connectivity index (χ2n) is 3.51. The normalized spacial score (nSPS) is 12.7. The lowest BCUT2D eigenvalue weighted by Crippen LogP contribution is -2.10. The first-order valence-corrected chi connectivity index (χ1v) is 6.43. The van der Waals surface area contributed by atoms with Crippen LogP contribution in [0, 0.1) is 0 Å². The zero-order valence-corrected chi connectivity index (χ0v) is 10.8. The van der Waals surface area contributed by atoms with Crippen LogP contribution in [0.2, 0.25) is 4.34 Å². The average molecular weight is 256 g/mol. The van der Waals surface area contributed by atoms with Crippen molar-refractivity contribution in [1.29, 1.82) is 0 Å². The minimum absolute atomic E-state index is 0.258. The first-order valence-electron chi connectivity index (χ1n) is 5.24. The molecule has 0 bridgehead atoms. The topological polar surface area (TPSA) is 29.9 Å². The van der Waals surface area contributed by atoms with Crippen LogP contribution in [0.25, 0.3) is 0 Å². The summed E-state index contributed by atoms with van der Waals surface area (Å²) in [6.45, 7) is 5.07. The van der Waals surface area contributed by atoms with Gasteiger partial charge in [-0.15, -0.1) is 11.3 Å². The van der Waals surface area contributed by atoms with Crippen LogP contribution >= 0.6 is 22.9 Å². The van der Waals surface area contributed by atoms with Crippen LogP contribution in [0.5, 0.6) is 0 Å². The van der Waals surface area contributed by atoms with Crippen molar-refractivity contribution in [2.45, 2.75) is 19.9 Å². The predicted molar refractivity (Wildman–Crippen MR) is 69.5 cm³/mol. The fraction of sp³-hybridized carbons (Fsp3) is 0.364. The molecule has 2 aromatic rings. The number of nitrogens with one attached hydrogen (secondary N) is 1. The summed E-state index contributed by atoms with van der Waals surface area (Å²) in [6.07, 6.45) is 3.79. The Morgan fingerprint density at radius 1 is 1.56 bits per heavy atom. The van der Waals surface area contributed by atoms with Crippen molar-refractivity contribution in [2.24, 2.45) is 0 Å². The van der Waals surface area contributed by atoms with Crippen LogP contribution in [0.15, 0.2) is 24.5 Å². The van der Waals surface area contributed by atoms with Crippen molar-refractivity contribution in [3.05, 3.63) is 33.7 Å². The summed E-state index contributed by atoms with van der Waals surface area (Å²) in [5.74, 6) is 0.902. The smallest absolute Gasteiger partial charge is 0.203 e. The molecule has 2 heterocycles. The summed E-state index contributed by atoms with van der Waals surface area (Å²) in [5, 5.41) is 3.24. The van der Waals surface area contributed by atoms with Gasteiger partial charge in [-0.25, -0.2) is 4.98 Å². The first kappa shape index (κ1) is 11.5. The molecule has 0 fully saturated rings. The van der Waals surface area contributed by atoms with Gasteiger partial charge in [-0.3, -0.25) is 0 Å². The minimum Gasteiger partial charge on any atom is -0.356 e. The lowest BCUT2D eigenvalue weighted by Gasteiger charge is -2.15. The molecule has 86 valence electrons. The Balaban J connectivity index is 2.26. The van der Waals surface area contributed by atoms with E-state index in [9.17, 15) is 0 Å². The van der Waals surface area contributed by atoms with E-state index in [0.29, 0.717) is 0 Å². The molecule has 16 heavy (non-hydrogen) atoms. The van der Waals surface area contributed by atoms with E-state index in [4.69, 9.17) is 11.6 Å². The van der Waals surface area contributed by atoms with Crippen LogP contribution in [-0.2, 0) is 0 Å². The average Bonchev–Trinajstić information content (AvgIpc) is 2.87. The molecule has 1 unspecified atom stereocenters. The SMILES string of the molecule is CCNc1nccn1C(C)c1ccc(Cl)s1. The molecular weight excluding hydrogens is 242 g/mol. The Hall–Kier alpha value is -1.000. The Morgan fingerprint density at radius 3 is 3.00 bits per heavy atom. The van der Waals surface area contributed by atoms with Gasteiger partial charge in [0, 0.05) is 23.8 Å². The molecule has 0 aliphatic carbocycles. The van der Waals surface area contributed by atoms with Gasteiger partial charge in [0.1, 0.15) is 0 Å². The van der Waals surface area contributed by atoms with Crippen molar-refractivity contribution in [1.82, 2.24) is 9.55 Å². The number of anilines is 1. The maximum absolute atomic E-state index is 5.94. The lowest BCUT2D eigenvalue weighted by atomic mass is 10.3. The van der Waals surface area contributed by atoms with Crippen molar-refractivity contribution in [2.75, 3.05) is 11.9 Å². The molecule has 5 heteroatoms. The molecule has 1 atom stereocenters. The Labute approximate surface area is 104 Å². The van der Waals surface area contributed by atoms with Gasteiger partial charge in [-0.1, -0.05) is 11.6 Å². The molecule has 0 spiro atoms. The standard InChI is InChI=1S/C11H14ClN3S/c1-3-13-11-14-6-7-15(11)8(2)9-4-5-10(12)16-9/h4-8H,3H2,1-2H3,(H,13,14). The maximum Gasteiger partial charge on any atom is 0.203 e. The molecule has 0 saturated carbocycles. The molecule has 1 N–H and O–H groups in total. The number of nitrogens with zero attached hydrogens (tertiary/aromatic N) is 2. The van der Waals surface area contributed by atoms with E-state index >= 15 is 0 Å². The molecule has 0 aliphatic rings. The zero-order chi connectivity index (χ0) is 11.5. The first-order chi connectivity index (χ1) is 7.72. The van der Waals surface area contributed by atoms with Gasteiger partial charge in [0.15, 0.2) is 0 Å². The van der Waals surface area contributed by atoms with Crippen LogP contribution < -0.4 is 5.32 Å². The second kappa shape index (κ2) is 4.89. The van der Waals surface area contributed by atoms with Crippen LogP contribution in [0.3, 0.4) is 0 Å². The maximum atomic E-state index is 5.94. The third-order valence-electron chi connectivity index (χ3n) is 2.43. The fourth-order valence-electron chi connectivity index (χ4n) is 1.61. The highest BCUT2D eigenvalue weighted by atomic mass is 35.5. The molecule has 2 rings (SSSR count). The van der Waals surface area contributed by atoms with E-state index < -0.39 is 0 Å². The Kier molecular flexibility index (Phi) is 3.51. The second-order valence-corrected chi connectivity index (χ2v) is 5.25. The molecule has 0 amide bonds. The van der Waals surface area contributed by atoms with Gasteiger partial charge in [0.25, 0.3) is 0 Å². The number of rotatable bonds is 4. The number of aromatic nitrogens is 2. The Morgan fingerprint density at radius 2 is 2.38 bits per heavy atom. The van der Waals surface area contributed by atoms with E-state index in [1.165, 1.54) is 4.88 Å². The van der Waals surface area contributed by atoms with Crippen molar-refractivity contribution in [3.63, 3.8) is 0 Å². The van der Waals surface area contributed by atoms with Crippen molar-refractivity contribution in [3.8, 4) is 0 Å². The number of hydrogen-bond acceptors (Lipinski definition) is 3. The number of halogens is 1. The van der Waals surface area contributed by atoms with Gasteiger partial charge in [-0.2, -0.15) is 0 Å². The van der Waals surface area contributed by atoms with Crippen LogP contribution in [0.4, 0.5) is 5.95 Å². The molecule has 0 saturated heterocycles. The highest BCUT2D eigenvalue weighted by Crippen LogP contribution is 2.30. The highest BCUT2D eigenvalue weighted by Gasteiger charge is 2.13. The van der Waals surface area contributed by atoms with Gasteiger partial charge >= 0.3 is 0 Å². The van der Waals surface area contributed by atoms with Gasteiger partial charge in [-0.05, 0) is 26.0 Å². The molecule has 0 aromatic carbocycles. The largest absolute Gasteiger partial charge is 0.356 e. The summed E-state index contributed by atoms with van der Waals surface area (Å²) in [7, 11) is 0. The Bertz CT molecular complexity index is 463. The predicted octanol–water partition coefficient (Wildman–Crippen LogP) is 3.64. The monoisotopic (exact) mass is 255 g/mol. The van der Waals surface area contributed by atoms with E-state index in [2.05, 4.69) is 34.8 Å². The summed E-state index contributed by atoms with van der Waals surface area (Å²) in [4.78, 5) is 5.52. The molecule has 0 aliphatic heterocycles. The van der Waals surface area contributed by atoms with Crippen LogP contribution in [-0.4, -0.2) is 16.1 Å². The van der Waals surface area contributed by atoms with Crippen molar-refractivity contribution >= 4 is 28.9 Å². The van der Waals surface area contributed by atoms with Gasteiger partial charge in [0.2, 0.25) is 5.95 Å². The highest BCUT2D eigenvalue weighted by molar-refractivity contribution is 7.16. The molecule has 0 radical (unpaired) electrons. The summed E-state index contributed by atoms with van der Waals surface area (Å²) >= 11 is 7.55. The molecular formula is C11H14ClN3S. The van der Waals surface area contributed by atoms with Crippen LogP contribution in [0.1, 0.15) is 24.8 Å². The molecule has 3 nitrogen and oxygen atoms in total. The van der Waals surface area contributed by atoms with E-state index in [-0.39, 0.29) is 6.04 Å². The summed E-state index contributed by atoms with van der Waals surface area (Å²) in [5.41, 5.74) is 0. The zero-order valence-electron chi connectivity index (χ0n) is 9.27. The van der Waals surface area contributed by atoms with Gasteiger partial charge < -0.3 is 9.88 Å².